The summed E-state index contributed by atoms with van der Waals surface area (Å²) in [5, 5.41) is 16.1. The third-order valence-electron chi connectivity index (χ3n) is 1.38. The fraction of sp³-hybridized carbons (Fsp3) is 0. The number of hydrazine groups is 1. The van der Waals surface area contributed by atoms with Gasteiger partial charge in [-0.25, -0.2) is 10.1 Å². The van der Waals surface area contributed by atoms with Crippen molar-refractivity contribution in [2.24, 2.45) is 15.9 Å². The molecule has 7 heteroatoms. The van der Waals surface area contributed by atoms with Crippen LogP contribution in [0.25, 0.3) is 0 Å². The molecule has 0 aliphatic rings. The largest absolute Gasteiger partial charge is 0.364 e. The smallest absolute Gasteiger partial charge is 0.275 e. The van der Waals surface area contributed by atoms with E-state index in [9.17, 15) is 10.1 Å². The third kappa shape index (κ3) is 4.36. The van der Waals surface area contributed by atoms with Crippen LogP contribution in [-0.2, 0) is 0 Å². The van der Waals surface area contributed by atoms with Crippen molar-refractivity contribution in [2.45, 2.75) is 0 Å². The van der Waals surface area contributed by atoms with Gasteiger partial charge in [0.1, 0.15) is 0 Å². The molecule has 7 nitrogen and oxygen atoms in total. The van der Waals surface area contributed by atoms with Crippen molar-refractivity contribution < 1.29 is 5.03 Å². The van der Waals surface area contributed by atoms with Crippen molar-refractivity contribution in [3.8, 4) is 0 Å². The Hall–Kier alpha value is -2.44. The van der Waals surface area contributed by atoms with Crippen LogP contribution in [0.2, 0.25) is 0 Å². The Morgan fingerprint density at radius 2 is 2.13 bits per heavy atom. The summed E-state index contributed by atoms with van der Waals surface area (Å²) in [5.41, 5.74) is 7.62. The molecular weight excluding hydrogens is 198 g/mol. The van der Waals surface area contributed by atoms with E-state index in [1.54, 1.807) is 5.43 Å². The van der Waals surface area contributed by atoms with E-state index in [0.29, 0.717) is 0 Å². The van der Waals surface area contributed by atoms with Gasteiger partial charge in [0.05, 0.1) is 6.21 Å². The topological polar surface area (TPSA) is 106 Å². The molecule has 0 unspecified atom stereocenters. The molecule has 1 rings (SSSR count). The predicted octanol–water partition coefficient (Wildman–Crippen LogP) is 0.117. The fourth-order valence-electron chi connectivity index (χ4n) is 0.813. The Balaban J connectivity index is 2.56. The third-order valence-corrected chi connectivity index (χ3v) is 1.38. The molecule has 0 spiro atoms. The van der Waals surface area contributed by atoms with Gasteiger partial charge in [0.15, 0.2) is 5.03 Å². The maximum absolute atomic E-state index is 9.92. The molecule has 0 saturated heterocycles. The van der Waals surface area contributed by atoms with Gasteiger partial charge in [-0.1, -0.05) is 35.8 Å². The van der Waals surface area contributed by atoms with E-state index in [-0.39, 0.29) is 5.96 Å². The number of nitrogens with one attached hydrogen (secondary N) is 1. The van der Waals surface area contributed by atoms with Gasteiger partial charge in [0.25, 0.3) is 5.96 Å². The Morgan fingerprint density at radius 3 is 2.73 bits per heavy atom. The van der Waals surface area contributed by atoms with Gasteiger partial charge in [-0.2, -0.15) is 5.10 Å². The minimum absolute atomic E-state index is 0.368. The Morgan fingerprint density at radius 1 is 1.47 bits per heavy atom. The van der Waals surface area contributed by atoms with Crippen LogP contribution < -0.4 is 11.2 Å². The maximum Gasteiger partial charge on any atom is 0.275 e. The molecule has 0 heterocycles. The van der Waals surface area contributed by atoms with E-state index < -0.39 is 5.03 Å². The van der Waals surface area contributed by atoms with Crippen molar-refractivity contribution in [3.63, 3.8) is 0 Å². The highest BCUT2D eigenvalue weighted by Gasteiger charge is 1.96. The molecule has 3 N–H and O–H groups in total. The van der Waals surface area contributed by atoms with E-state index in [0.717, 1.165) is 5.56 Å². The van der Waals surface area contributed by atoms with E-state index in [1.165, 1.54) is 6.21 Å². The summed E-state index contributed by atoms with van der Waals surface area (Å²) in [4.78, 5) is 9.92. The highest BCUT2D eigenvalue weighted by molar-refractivity contribution is 5.81. The lowest BCUT2D eigenvalue weighted by Gasteiger charge is -1.91. The van der Waals surface area contributed by atoms with Crippen LogP contribution in [0.1, 0.15) is 5.56 Å². The average molecular weight is 207 g/mol. The summed E-state index contributed by atoms with van der Waals surface area (Å²) >= 11 is 0. The number of benzene rings is 1. The van der Waals surface area contributed by atoms with Gasteiger partial charge in [-0.05, 0) is 5.56 Å². The zero-order valence-electron chi connectivity index (χ0n) is 7.70. The molecule has 0 radical (unpaired) electrons. The number of guanidine groups is 1. The van der Waals surface area contributed by atoms with Crippen LogP contribution in [0.15, 0.2) is 40.5 Å². The molecule has 1 aromatic rings. The van der Waals surface area contributed by atoms with Crippen molar-refractivity contribution in [1.29, 1.82) is 0 Å². The van der Waals surface area contributed by atoms with Gasteiger partial charge in [-0.15, -0.1) is 5.10 Å². The number of hydrogen-bond donors (Lipinski definition) is 2. The summed E-state index contributed by atoms with van der Waals surface area (Å²) in [6, 6.07) is 9.17. The lowest BCUT2D eigenvalue weighted by Crippen LogP contribution is -2.35. The summed E-state index contributed by atoms with van der Waals surface area (Å²) in [5.74, 6) is -0.368. The number of nitro groups is 1. The van der Waals surface area contributed by atoms with Crippen LogP contribution in [0.5, 0.6) is 0 Å². The molecule has 1 aromatic carbocycles. The average Bonchev–Trinajstić information content (AvgIpc) is 2.18. The highest BCUT2D eigenvalue weighted by atomic mass is 16.7. The van der Waals surface area contributed by atoms with E-state index in [4.69, 9.17) is 5.73 Å². The second-order valence-corrected chi connectivity index (χ2v) is 2.51. The molecule has 0 saturated carbocycles. The van der Waals surface area contributed by atoms with Gasteiger partial charge in [0.2, 0.25) is 0 Å². The molecular formula is C8H9N5O2. The van der Waals surface area contributed by atoms with Crippen LogP contribution in [0.3, 0.4) is 0 Å². The normalized spacial score (nSPS) is 11.6. The maximum atomic E-state index is 9.92. The summed E-state index contributed by atoms with van der Waals surface area (Å²) < 4.78 is 0. The first-order valence-corrected chi connectivity index (χ1v) is 4.01. The quantitative estimate of drug-likeness (QED) is 0.317. The van der Waals surface area contributed by atoms with Crippen molar-refractivity contribution >= 4 is 12.2 Å². The van der Waals surface area contributed by atoms with Gasteiger partial charge < -0.3 is 5.73 Å². The molecule has 15 heavy (non-hydrogen) atoms. The second kappa shape index (κ2) is 5.32. The van der Waals surface area contributed by atoms with Gasteiger partial charge >= 0.3 is 0 Å². The molecule has 78 valence electrons. The molecule has 0 fully saturated rings. The van der Waals surface area contributed by atoms with Crippen molar-refractivity contribution in [3.05, 3.63) is 46.0 Å². The first-order valence-electron chi connectivity index (χ1n) is 4.01. The number of rotatable bonds is 3. The van der Waals surface area contributed by atoms with Crippen molar-refractivity contribution in [1.82, 2.24) is 5.43 Å². The Labute approximate surface area is 85.4 Å². The van der Waals surface area contributed by atoms with E-state index in [1.807, 2.05) is 30.3 Å². The monoisotopic (exact) mass is 207 g/mol. The first-order chi connectivity index (χ1) is 7.18. The standard InChI is InChI=1S/C8H9N5O2/c9-8(12-13(14)15)11-10-6-7-4-2-1-3-5-7/h1-6H,(H3,9,11,12)/b10-6-. The van der Waals surface area contributed by atoms with Gasteiger partial charge in [0, 0.05) is 0 Å². The zero-order valence-corrected chi connectivity index (χ0v) is 7.70. The molecule has 0 amide bonds. The molecule has 0 aliphatic heterocycles. The van der Waals surface area contributed by atoms with Gasteiger partial charge in [-0.3, -0.25) is 0 Å². The van der Waals surface area contributed by atoms with E-state index in [2.05, 4.69) is 10.2 Å². The number of hydrogen-bond acceptors (Lipinski definition) is 4. The predicted molar refractivity (Wildman–Crippen MR) is 55.8 cm³/mol. The van der Waals surface area contributed by atoms with Crippen LogP contribution in [0, 0.1) is 10.1 Å². The Kier molecular flexibility index (Phi) is 3.78. The minimum atomic E-state index is -0.809. The summed E-state index contributed by atoms with van der Waals surface area (Å²) in [7, 11) is 0. The zero-order chi connectivity index (χ0) is 11.1. The Bertz CT molecular complexity index is 387. The van der Waals surface area contributed by atoms with Crippen LogP contribution >= 0.6 is 0 Å². The molecule has 0 bridgehead atoms. The fourth-order valence-corrected chi connectivity index (χ4v) is 0.813. The van der Waals surface area contributed by atoms with Crippen LogP contribution in [-0.4, -0.2) is 17.2 Å². The number of nitrogens with zero attached hydrogens (tertiary/aromatic N) is 3. The SMILES string of the molecule is N/C(=N\N=C/c1ccccc1)N[N+](=O)[O-]. The minimum Gasteiger partial charge on any atom is -0.364 e. The first kappa shape index (κ1) is 10.6. The second-order valence-electron chi connectivity index (χ2n) is 2.51. The van der Waals surface area contributed by atoms with E-state index >= 15 is 0 Å². The summed E-state index contributed by atoms with van der Waals surface area (Å²) in [6.45, 7) is 0. The number of nitrogens with two attached hydrogens (primary N) is 1. The van der Waals surface area contributed by atoms with Crippen molar-refractivity contribution in [2.75, 3.05) is 0 Å². The lowest BCUT2D eigenvalue weighted by atomic mass is 10.2. The molecule has 0 atom stereocenters. The molecule has 0 aromatic heterocycles. The molecule has 0 aliphatic carbocycles. The lowest BCUT2D eigenvalue weighted by molar-refractivity contribution is -0.525. The highest BCUT2D eigenvalue weighted by Crippen LogP contribution is 1.93. The van der Waals surface area contributed by atoms with Crippen LogP contribution in [0.4, 0.5) is 0 Å². The summed E-state index contributed by atoms with van der Waals surface area (Å²) in [6.07, 6.45) is 1.44.